The van der Waals surface area contributed by atoms with Gasteiger partial charge in [-0.25, -0.2) is 8.42 Å². The molecule has 1 N–H and O–H groups in total. The maximum atomic E-state index is 12.8. The molecule has 0 bridgehead atoms. The standard InChI is InChI=1S/C15H20F3N3O3S/c16-15(17,18)24-13-3-1-2-4-14(13)25(22,23)21-9-7-20(8-10-21)12-5-6-19-11-12/h1-4,12,19H,5-11H2. The van der Waals surface area contributed by atoms with Crippen LogP contribution in [0.15, 0.2) is 29.2 Å². The zero-order valence-electron chi connectivity index (χ0n) is 13.5. The topological polar surface area (TPSA) is 61.9 Å². The Hall–Kier alpha value is -1.36. The minimum absolute atomic E-state index is 0.249. The molecule has 0 aliphatic carbocycles. The quantitative estimate of drug-likeness (QED) is 0.853. The Bertz CT molecular complexity index is 697. The molecule has 2 aliphatic rings. The number of hydrogen-bond acceptors (Lipinski definition) is 5. The summed E-state index contributed by atoms with van der Waals surface area (Å²) in [5.41, 5.74) is 0. The fourth-order valence-electron chi connectivity index (χ4n) is 3.27. The molecule has 0 amide bonds. The lowest BCUT2D eigenvalue weighted by atomic mass is 10.2. The maximum Gasteiger partial charge on any atom is 0.573 e. The molecule has 1 atom stereocenters. The van der Waals surface area contributed by atoms with E-state index >= 15 is 0 Å². The van der Waals surface area contributed by atoms with Crippen molar-refractivity contribution in [2.24, 2.45) is 0 Å². The molecule has 25 heavy (non-hydrogen) atoms. The molecule has 2 aliphatic heterocycles. The van der Waals surface area contributed by atoms with Crippen molar-refractivity contribution in [1.29, 1.82) is 0 Å². The molecule has 2 fully saturated rings. The van der Waals surface area contributed by atoms with Gasteiger partial charge in [-0.15, -0.1) is 13.2 Å². The zero-order chi connectivity index (χ0) is 18.1. The lowest BCUT2D eigenvalue weighted by molar-refractivity contribution is -0.275. The molecule has 1 aromatic carbocycles. The van der Waals surface area contributed by atoms with E-state index in [0.29, 0.717) is 19.1 Å². The Morgan fingerprint density at radius 1 is 1.12 bits per heavy atom. The molecular weight excluding hydrogens is 359 g/mol. The molecule has 3 rings (SSSR count). The molecule has 1 aromatic rings. The summed E-state index contributed by atoms with van der Waals surface area (Å²) in [7, 11) is -4.05. The number of rotatable bonds is 4. The summed E-state index contributed by atoms with van der Waals surface area (Å²) in [6, 6.07) is 5.25. The van der Waals surface area contributed by atoms with Gasteiger partial charge in [0.05, 0.1) is 0 Å². The molecule has 1 unspecified atom stereocenters. The Morgan fingerprint density at radius 3 is 2.40 bits per heavy atom. The van der Waals surface area contributed by atoms with Gasteiger partial charge in [-0.05, 0) is 25.1 Å². The zero-order valence-corrected chi connectivity index (χ0v) is 14.3. The van der Waals surface area contributed by atoms with E-state index in [-0.39, 0.29) is 13.1 Å². The first-order chi connectivity index (χ1) is 11.8. The first-order valence-electron chi connectivity index (χ1n) is 8.07. The Labute approximate surface area is 144 Å². The summed E-state index contributed by atoms with van der Waals surface area (Å²) in [5, 5.41) is 3.27. The summed E-state index contributed by atoms with van der Waals surface area (Å²) in [6.45, 7) is 3.46. The average Bonchev–Trinajstić information content (AvgIpc) is 3.08. The molecule has 140 valence electrons. The molecule has 0 radical (unpaired) electrons. The number of para-hydroxylation sites is 1. The maximum absolute atomic E-state index is 12.8. The Morgan fingerprint density at radius 2 is 1.80 bits per heavy atom. The number of nitrogens with one attached hydrogen (secondary N) is 1. The third-order valence-corrected chi connectivity index (χ3v) is 6.45. The highest BCUT2D eigenvalue weighted by Gasteiger charge is 2.37. The second-order valence-electron chi connectivity index (χ2n) is 6.08. The summed E-state index contributed by atoms with van der Waals surface area (Å²) in [6.07, 6.45) is -3.92. The molecule has 0 spiro atoms. The van der Waals surface area contributed by atoms with E-state index in [0.717, 1.165) is 31.6 Å². The number of nitrogens with zero attached hydrogens (tertiary/aromatic N) is 2. The first kappa shape index (κ1) is 18.4. The van der Waals surface area contributed by atoms with Gasteiger partial charge in [-0.2, -0.15) is 4.31 Å². The van der Waals surface area contributed by atoms with Crippen molar-refractivity contribution in [3.8, 4) is 5.75 Å². The van der Waals surface area contributed by atoms with Gasteiger partial charge in [-0.3, -0.25) is 4.90 Å². The SMILES string of the molecule is O=S(=O)(c1ccccc1OC(F)(F)F)N1CCN(C2CCNC2)CC1. The minimum Gasteiger partial charge on any atom is -0.404 e. The third kappa shape index (κ3) is 4.25. The second kappa shape index (κ2) is 7.10. The van der Waals surface area contributed by atoms with Crippen molar-refractivity contribution in [2.45, 2.75) is 23.7 Å². The molecular formula is C15H20F3N3O3S. The van der Waals surface area contributed by atoms with E-state index in [4.69, 9.17) is 0 Å². The van der Waals surface area contributed by atoms with Gasteiger partial charge in [0.15, 0.2) is 0 Å². The van der Waals surface area contributed by atoms with Crippen molar-refractivity contribution in [3.63, 3.8) is 0 Å². The number of sulfonamides is 1. The van der Waals surface area contributed by atoms with Crippen LogP contribution in [0.3, 0.4) is 0 Å². The van der Waals surface area contributed by atoms with Crippen molar-refractivity contribution < 1.29 is 26.3 Å². The van der Waals surface area contributed by atoms with E-state index in [1.165, 1.54) is 16.4 Å². The predicted molar refractivity (Wildman–Crippen MR) is 84.7 cm³/mol. The fourth-order valence-corrected chi connectivity index (χ4v) is 4.81. The lowest BCUT2D eigenvalue weighted by Gasteiger charge is -2.37. The van der Waals surface area contributed by atoms with Crippen LogP contribution in [0.25, 0.3) is 0 Å². The summed E-state index contributed by atoms with van der Waals surface area (Å²) in [5.74, 6) is -0.697. The molecule has 0 saturated carbocycles. The molecule has 10 heteroatoms. The molecule has 0 aromatic heterocycles. The van der Waals surface area contributed by atoms with Gasteiger partial charge in [0.25, 0.3) is 0 Å². The number of halogens is 3. The van der Waals surface area contributed by atoms with E-state index < -0.39 is 27.0 Å². The van der Waals surface area contributed by atoms with E-state index in [1.807, 2.05) is 0 Å². The van der Waals surface area contributed by atoms with Crippen LogP contribution >= 0.6 is 0 Å². The number of piperazine rings is 1. The van der Waals surface area contributed by atoms with Crippen LogP contribution in [-0.2, 0) is 10.0 Å². The van der Waals surface area contributed by atoms with Crippen LogP contribution in [0.5, 0.6) is 5.75 Å². The monoisotopic (exact) mass is 379 g/mol. The highest BCUT2D eigenvalue weighted by Crippen LogP contribution is 2.31. The highest BCUT2D eigenvalue weighted by molar-refractivity contribution is 7.89. The van der Waals surface area contributed by atoms with Crippen molar-refractivity contribution >= 4 is 10.0 Å². The van der Waals surface area contributed by atoms with Crippen LogP contribution in [-0.4, -0.2) is 69.3 Å². The Balaban J connectivity index is 1.74. The van der Waals surface area contributed by atoms with Crippen LogP contribution in [0, 0.1) is 0 Å². The smallest absolute Gasteiger partial charge is 0.404 e. The molecule has 2 saturated heterocycles. The summed E-state index contributed by atoms with van der Waals surface area (Å²) in [4.78, 5) is 1.77. The Kier molecular flexibility index (Phi) is 5.24. The average molecular weight is 379 g/mol. The number of ether oxygens (including phenoxy) is 1. The minimum atomic E-state index is -4.94. The first-order valence-corrected chi connectivity index (χ1v) is 9.51. The van der Waals surface area contributed by atoms with Gasteiger partial charge in [0.1, 0.15) is 10.6 Å². The molecule has 2 heterocycles. The van der Waals surface area contributed by atoms with Gasteiger partial charge in [0, 0.05) is 38.8 Å². The van der Waals surface area contributed by atoms with Crippen LogP contribution < -0.4 is 10.1 Å². The summed E-state index contributed by atoms with van der Waals surface area (Å²) >= 11 is 0. The van der Waals surface area contributed by atoms with Crippen molar-refractivity contribution in [3.05, 3.63) is 24.3 Å². The normalized spacial score (nSPS) is 23.7. The van der Waals surface area contributed by atoms with Crippen molar-refractivity contribution in [2.75, 3.05) is 39.3 Å². The van der Waals surface area contributed by atoms with Gasteiger partial charge in [0.2, 0.25) is 10.0 Å². The number of alkyl halides is 3. The van der Waals surface area contributed by atoms with E-state index in [9.17, 15) is 21.6 Å². The number of benzene rings is 1. The van der Waals surface area contributed by atoms with E-state index in [2.05, 4.69) is 15.0 Å². The van der Waals surface area contributed by atoms with E-state index in [1.54, 1.807) is 0 Å². The van der Waals surface area contributed by atoms with Crippen LogP contribution in [0.4, 0.5) is 13.2 Å². The van der Waals surface area contributed by atoms with Crippen molar-refractivity contribution in [1.82, 2.24) is 14.5 Å². The fraction of sp³-hybridized carbons (Fsp3) is 0.600. The van der Waals surface area contributed by atoms with Crippen LogP contribution in [0.1, 0.15) is 6.42 Å². The predicted octanol–water partition coefficient (Wildman–Crippen LogP) is 1.25. The van der Waals surface area contributed by atoms with Gasteiger partial charge < -0.3 is 10.1 Å². The second-order valence-corrected chi connectivity index (χ2v) is 7.99. The third-order valence-electron chi connectivity index (χ3n) is 4.52. The van der Waals surface area contributed by atoms with Gasteiger partial charge in [-0.1, -0.05) is 12.1 Å². The van der Waals surface area contributed by atoms with Crippen LogP contribution in [0.2, 0.25) is 0 Å². The molecule has 6 nitrogen and oxygen atoms in total. The highest BCUT2D eigenvalue weighted by atomic mass is 32.2. The van der Waals surface area contributed by atoms with Gasteiger partial charge >= 0.3 is 6.36 Å². The summed E-state index contributed by atoms with van der Waals surface area (Å²) < 4.78 is 68.3. The largest absolute Gasteiger partial charge is 0.573 e. The lowest BCUT2D eigenvalue weighted by Crippen LogP contribution is -2.52. The number of hydrogen-bond donors (Lipinski definition) is 1.